The third-order valence-electron chi connectivity index (χ3n) is 0.633. The number of primary sulfonamides is 1. The Kier molecular flexibility index (Phi) is 7.12. The van der Waals surface area contributed by atoms with Crippen molar-refractivity contribution in [2.75, 3.05) is 12.3 Å². The molecule has 0 saturated heterocycles. The fourth-order valence-electron chi connectivity index (χ4n) is 0.285. The van der Waals surface area contributed by atoms with E-state index in [1.54, 1.807) is 0 Å². The van der Waals surface area contributed by atoms with Crippen LogP contribution in [0.2, 0.25) is 0 Å². The number of nitrogens with two attached hydrogens (primary N) is 2. The molecule has 0 unspecified atom stereocenters. The van der Waals surface area contributed by atoms with Gasteiger partial charge in [0.05, 0.1) is 5.75 Å². The Bertz CT molecular complexity index is 149. The molecule has 4 nitrogen and oxygen atoms in total. The van der Waals surface area contributed by atoms with Gasteiger partial charge in [0.15, 0.2) is 0 Å². The number of sulfonamides is 1. The van der Waals surface area contributed by atoms with Gasteiger partial charge in [-0.3, -0.25) is 0 Å². The molecule has 0 aromatic rings. The van der Waals surface area contributed by atoms with Crippen LogP contribution in [0, 0.1) is 0 Å². The van der Waals surface area contributed by atoms with Crippen LogP contribution in [-0.2, 0) is 10.0 Å². The fraction of sp³-hybridized carbons (Fsp3) is 1.00. The van der Waals surface area contributed by atoms with Crippen LogP contribution in [0.15, 0.2) is 0 Å². The molecule has 4 N–H and O–H groups in total. The Labute approximate surface area is 68.7 Å². The summed E-state index contributed by atoms with van der Waals surface area (Å²) >= 11 is 0. The Morgan fingerprint density at radius 2 is 1.89 bits per heavy atom. The standard InChI is InChI=1S/C3H10N2O2S.Li.H/c4-2-1-3-8(5,6)7;;/h1-4H2,(H2,5,6,7);;/q;+1;-1. The predicted octanol–water partition coefficient (Wildman–Crippen LogP) is -4.26. The van der Waals surface area contributed by atoms with Gasteiger partial charge in [-0.25, -0.2) is 13.6 Å². The van der Waals surface area contributed by atoms with E-state index in [1.807, 2.05) is 0 Å². The van der Waals surface area contributed by atoms with Crippen LogP contribution in [0.1, 0.15) is 7.85 Å². The van der Waals surface area contributed by atoms with Crippen LogP contribution in [0.4, 0.5) is 0 Å². The molecule has 0 aromatic carbocycles. The van der Waals surface area contributed by atoms with Gasteiger partial charge in [0.1, 0.15) is 0 Å². The minimum Gasteiger partial charge on any atom is -1.00 e. The molecule has 0 atom stereocenters. The fourth-order valence-corrected chi connectivity index (χ4v) is 0.854. The molecule has 0 spiro atoms. The van der Waals surface area contributed by atoms with Crippen molar-refractivity contribution in [3.05, 3.63) is 0 Å². The monoisotopic (exact) mass is 146 g/mol. The molecular weight excluding hydrogens is 135 g/mol. The van der Waals surface area contributed by atoms with Gasteiger partial charge in [-0.1, -0.05) is 0 Å². The first-order valence-corrected chi connectivity index (χ1v) is 3.98. The van der Waals surface area contributed by atoms with Gasteiger partial charge >= 0.3 is 18.9 Å². The topological polar surface area (TPSA) is 86.2 Å². The van der Waals surface area contributed by atoms with Crippen LogP contribution in [-0.4, -0.2) is 20.7 Å². The molecule has 52 valence electrons. The molecule has 0 aliphatic carbocycles. The third-order valence-corrected chi connectivity index (χ3v) is 1.49. The largest absolute Gasteiger partial charge is 1.00 e. The average molecular weight is 146 g/mol. The third kappa shape index (κ3) is 11.8. The van der Waals surface area contributed by atoms with Gasteiger partial charge in [-0.05, 0) is 13.0 Å². The van der Waals surface area contributed by atoms with Crippen molar-refractivity contribution in [2.24, 2.45) is 10.9 Å². The summed E-state index contributed by atoms with van der Waals surface area (Å²) in [6.45, 7) is 0.371. The van der Waals surface area contributed by atoms with E-state index >= 15 is 0 Å². The minimum atomic E-state index is -3.27. The van der Waals surface area contributed by atoms with E-state index in [-0.39, 0.29) is 26.0 Å². The summed E-state index contributed by atoms with van der Waals surface area (Å²) in [5.74, 6) is -0.0104. The molecule has 9 heavy (non-hydrogen) atoms. The summed E-state index contributed by atoms with van der Waals surface area (Å²) in [6.07, 6.45) is 0.443. The number of hydrogen-bond acceptors (Lipinski definition) is 3. The van der Waals surface area contributed by atoms with Crippen molar-refractivity contribution in [2.45, 2.75) is 6.42 Å². The maximum atomic E-state index is 10.1. The molecular formula is C3H11LiN2O2S. The molecule has 0 bridgehead atoms. The molecule has 0 saturated carbocycles. The number of hydrogen-bond donors (Lipinski definition) is 2. The molecule has 0 fully saturated rings. The Balaban J connectivity index is -0.000000245. The van der Waals surface area contributed by atoms with Crippen molar-refractivity contribution in [1.29, 1.82) is 0 Å². The van der Waals surface area contributed by atoms with Gasteiger partial charge in [0.2, 0.25) is 10.0 Å². The minimum absolute atomic E-state index is 0. The van der Waals surface area contributed by atoms with Gasteiger partial charge in [0.25, 0.3) is 0 Å². The van der Waals surface area contributed by atoms with Gasteiger partial charge < -0.3 is 7.16 Å². The first kappa shape index (κ1) is 12.2. The predicted molar refractivity (Wildman–Crippen MR) is 32.8 cm³/mol. The van der Waals surface area contributed by atoms with Crippen molar-refractivity contribution < 1.29 is 28.7 Å². The smallest absolute Gasteiger partial charge is 1.00 e. The summed E-state index contributed by atoms with van der Waals surface area (Å²) in [5, 5.41) is 4.64. The molecule has 0 radical (unpaired) electrons. The molecule has 0 amide bonds. The summed E-state index contributed by atoms with van der Waals surface area (Å²) in [5.41, 5.74) is 5.02. The zero-order chi connectivity index (χ0) is 6.62. The van der Waals surface area contributed by atoms with E-state index in [4.69, 9.17) is 5.73 Å². The SMILES string of the molecule is NCCCS(N)(=O)=O.[H-].[Li+]. The van der Waals surface area contributed by atoms with Gasteiger partial charge in [-0.15, -0.1) is 0 Å². The van der Waals surface area contributed by atoms with Gasteiger partial charge in [0, 0.05) is 0 Å². The van der Waals surface area contributed by atoms with Crippen molar-refractivity contribution >= 4 is 10.0 Å². The average Bonchev–Trinajstić information content (AvgIpc) is 1.59. The van der Waals surface area contributed by atoms with E-state index in [9.17, 15) is 8.42 Å². The molecule has 0 heterocycles. The summed E-state index contributed by atoms with van der Waals surface area (Å²) in [4.78, 5) is 0. The van der Waals surface area contributed by atoms with E-state index in [2.05, 4.69) is 5.14 Å². The Morgan fingerprint density at radius 1 is 1.44 bits per heavy atom. The van der Waals surface area contributed by atoms with Crippen molar-refractivity contribution in [1.82, 2.24) is 0 Å². The van der Waals surface area contributed by atoms with Crippen molar-refractivity contribution in [3.8, 4) is 0 Å². The molecule has 0 aliphatic rings. The molecule has 0 aliphatic heterocycles. The van der Waals surface area contributed by atoms with Crippen LogP contribution in [0.3, 0.4) is 0 Å². The Hall–Kier alpha value is 0.467. The maximum Gasteiger partial charge on any atom is 1.00 e. The van der Waals surface area contributed by atoms with Crippen LogP contribution in [0.5, 0.6) is 0 Å². The van der Waals surface area contributed by atoms with E-state index in [0.29, 0.717) is 13.0 Å². The zero-order valence-corrected chi connectivity index (χ0v) is 6.32. The van der Waals surface area contributed by atoms with Crippen LogP contribution < -0.4 is 29.7 Å². The molecule has 0 rings (SSSR count). The van der Waals surface area contributed by atoms with Gasteiger partial charge in [-0.2, -0.15) is 0 Å². The van der Waals surface area contributed by atoms with E-state index in [1.165, 1.54) is 0 Å². The quantitative estimate of drug-likeness (QED) is 0.395. The summed E-state index contributed by atoms with van der Waals surface area (Å²) in [7, 11) is -3.27. The van der Waals surface area contributed by atoms with Crippen molar-refractivity contribution in [3.63, 3.8) is 0 Å². The first-order valence-electron chi connectivity index (χ1n) is 2.27. The van der Waals surface area contributed by atoms with Crippen LogP contribution in [0.25, 0.3) is 0 Å². The van der Waals surface area contributed by atoms with E-state index in [0.717, 1.165) is 0 Å². The summed E-state index contributed by atoms with van der Waals surface area (Å²) in [6, 6.07) is 0. The molecule has 0 aromatic heterocycles. The number of rotatable bonds is 3. The second-order valence-electron chi connectivity index (χ2n) is 1.51. The van der Waals surface area contributed by atoms with E-state index < -0.39 is 10.0 Å². The van der Waals surface area contributed by atoms with Crippen LogP contribution >= 0.6 is 0 Å². The second kappa shape index (κ2) is 5.27. The zero-order valence-electron chi connectivity index (χ0n) is 6.50. The first-order chi connectivity index (χ1) is 3.56. The Morgan fingerprint density at radius 3 is 2.00 bits per heavy atom. The molecule has 6 heteroatoms. The normalized spacial score (nSPS) is 10.4. The summed E-state index contributed by atoms with van der Waals surface area (Å²) < 4.78 is 20.2. The maximum absolute atomic E-state index is 10.1. The second-order valence-corrected chi connectivity index (χ2v) is 3.24.